The summed E-state index contributed by atoms with van der Waals surface area (Å²) in [6, 6.07) is 5.94. The summed E-state index contributed by atoms with van der Waals surface area (Å²) in [5.41, 5.74) is 0.558. The van der Waals surface area contributed by atoms with Crippen LogP contribution >= 0.6 is 28.3 Å². The summed E-state index contributed by atoms with van der Waals surface area (Å²) in [7, 11) is 1.96. The van der Waals surface area contributed by atoms with E-state index in [9.17, 15) is 9.59 Å². The quantitative estimate of drug-likeness (QED) is 0.809. The first-order chi connectivity index (χ1) is 11.6. The van der Waals surface area contributed by atoms with Gasteiger partial charge in [-0.2, -0.15) is 0 Å². The summed E-state index contributed by atoms with van der Waals surface area (Å²) in [4.78, 5) is 31.1. The lowest BCUT2D eigenvalue weighted by molar-refractivity contribution is -0.132. The molecule has 136 valence electrons. The first-order valence-corrected chi connectivity index (χ1v) is 8.97. The predicted octanol–water partition coefficient (Wildman–Crippen LogP) is 2.18. The van der Waals surface area contributed by atoms with E-state index in [0.717, 1.165) is 30.4 Å². The molecule has 1 fully saturated rings. The molecule has 1 amide bonds. The molecule has 8 heteroatoms. The number of rotatable bonds is 4. The van der Waals surface area contributed by atoms with Crippen molar-refractivity contribution in [3.05, 3.63) is 39.4 Å². The van der Waals surface area contributed by atoms with Crippen molar-refractivity contribution in [1.29, 1.82) is 0 Å². The third-order valence-electron chi connectivity index (χ3n) is 4.61. The highest BCUT2D eigenvalue weighted by molar-refractivity contribution is 9.10. The number of nitrogens with one attached hydrogen (secondary N) is 1. The lowest BCUT2D eigenvalue weighted by atomic mass is 10.1. The lowest BCUT2D eigenvalue weighted by Gasteiger charge is -2.31. The fourth-order valence-corrected chi connectivity index (χ4v) is 3.44. The van der Waals surface area contributed by atoms with Crippen LogP contribution in [0.15, 0.2) is 33.8 Å². The van der Waals surface area contributed by atoms with E-state index in [0.29, 0.717) is 29.9 Å². The van der Waals surface area contributed by atoms with E-state index in [-0.39, 0.29) is 23.9 Å². The number of fused-ring (bicyclic) bond motifs is 1. The molecule has 6 nitrogen and oxygen atoms in total. The number of aromatic nitrogens is 2. The topological polar surface area (TPSA) is 67.2 Å². The number of likely N-dealkylation sites (tertiary alicyclic amines) is 1. The Morgan fingerprint density at radius 1 is 1.36 bits per heavy atom. The molecule has 0 unspecified atom stereocenters. The van der Waals surface area contributed by atoms with Crippen LogP contribution < -0.4 is 10.9 Å². The Labute approximate surface area is 161 Å². The van der Waals surface area contributed by atoms with Crippen molar-refractivity contribution in [3.8, 4) is 0 Å². The lowest BCUT2D eigenvalue weighted by Crippen LogP contribution is -2.44. The smallest absolute Gasteiger partial charge is 0.261 e. The van der Waals surface area contributed by atoms with Gasteiger partial charge in [-0.25, -0.2) is 4.98 Å². The van der Waals surface area contributed by atoms with Crippen molar-refractivity contribution in [2.24, 2.45) is 0 Å². The molecule has 0 aliphatic carbocycles. The molecule has 1 aliphatic heterocycles. The summed E-state index contributed by atoms with van der Waals surface area (Å²) >= 11 is 3.37. The van der Waals surface area contributed by atoms with Gasteiger partial charge in [-0.15, -0.1) is 12.4 Å². The number of carbonyl (C=O) groups is 1. The van der Waals surface area contributed by atoms with Crippen molar-refractivity contribution in [2.45, 2.75) is 31.8 Å². The Balaban J connectivity index is 0.00000225. The van der Waals surface area contributed by atoms with Crippen LogP contribution in [0.25, 0.3) is 10.9 Å². The Kier molecular flexibility index (Phi) is 6.98. The number of hydrogen-bond donors (Lipinski definition) is 1. The molecule has 0 atom stereocenters. The number of amides is 1. The van der Waals surface area contributed by atoms with Crippen LogP contribution in [0, 0.1) is 0 Å². The van der Waals surface area contributed by atoms with Gasteiger partial charge in [0.25, 0.3) is 5.56 Å². The average Bonchev–Trinajstić information content (AvgIpc) is 2.61. The second-order valence-electron chi connectivity index (χ2n) is 6.10. The summed E-state index contributed by atoms with van der Waals surface area (Å²) in [6.07, 6.45) is 3.81. The van der Waals surface area contributed by atoms with E-state index in [1.54, 1.807) is 6.07 Å². The molecule has 2 aromatic rings. The van der Waals surface area contributed by atoms with Gasteiger partial charge in [0.2, 0.25) is 5.91 Å². The molecular formula is C17H22BrClN4O2. The fraction of sp³-hybridized carbons (Fsp3) is 0.471. The number of carbonyl (C=O) groups excluding carboxylic acids is 1. The molecule has 1 aromatic heterocycles. The number of aryl methyl sites for hydroxylation is 1. The van der Waals surface area contributed by atoms with Gasteiger partial charge >= 0.3 is 0 Å². The van der Waals surface area contributed by atoms with E-state index in [2.05, 4.69) is 26.2 Å². The van der Waals surface area contributed by atoms with E-state index in [1.165, 1.54) is 10.9 Å². The standard InChI is InChI=1S/C17H21BrN4O2.ClH/c1-19-13-4-7-21(8-5-13)16(23)6-9-22-11-20-15-3-2-12(18)10-14(15)17(22)24;/h2-3,10-11,13,19H,4-9H2,1H3;1H. The average molecular weight is 430 g/mol. The SMILES string of the molecule is CNC1CCN(C(=O)CCn2cnc3ccc(Br)cc3c2=O)CC1.Cl. The molecular weight excluding hydrogens is 408 g/mol. The molecule has 0 saturated carbocycles. The second-order valence-corrected chi connectivity index (χ2v) is 7.01. The fourth-order valence-electron chi connectivity index (χ4n) is 3.08. The summed E-state index contributed by atoms with van der Waals surface area (Å²) in [6.45, 7) is 1.92. The van der Waals surface area contributed by atoms with Crippen LogP contribution in [-0.4, -0.2) is 46.5 Å². The highest BCUT2D eigenvalue weighted by Crippen LogP contribution is 2.15. The summed E-state index contributed by atoms with van der Waals surface area (Å²) < 4.78 is 2.36. The van der Waals surface area contributed by atoms with Gasteiger partial charge in [-0.3, -0.25) is 14.2 Å². The predicted molar refractivity (Wildman–Crippen MR) is 104 cm³/mol. The van der Waals surface area contributed by atoms with Gasteiger partial charge in [0, 0.05) is 36.6 Å². The Hall–Kier alpha value is -1.44. The van der Waals surface area contributed by atoms with Crippen LogP contribution in [0.1, 0.15) is 19.3 Å². The van der Waals surface area contributed by atoms with Gasteiger partial charge in [-0.1, -0.05) is 15.9 Å². The highest BCUT2D eigenvalue weighted by Gasteiger charge is 2.21. The largest absolute Gasteiger partial charge is 0.343 e. The molecule has 0 bridgehead atoms. The molecule has 1 aromatic carbocycles. The van der Waals surface area contributed by atoms with Crippen molar-refractivity contribution in [1.82, 2.24) is 19.8 Å². The zero-order valence-electron chi connectivity index (χ0n) is 14.1. The van der Waals surface area contributed by atoms with Crippen LogP contribution in [0.4, 0.5) is 0 Å². The number of halogens is 2. The maximum absolute atomic E-state index is 12.5. The van der Waals surface area contributed by atoms with Crippen molar-refractivity contribution in [3.63, 3.8) is 0 Å². The van der Waals surface area contributed by atoms with E-state index in [4.69, 9.17) is 0 Å². The van der Waals surface area contributed by atoms with E-state index in [1.807, 2.05) is 24.1 Å². The Morgan fingerprint density at radius 2 is 2.08 bits per heavy atom. The third-order valence-corrected chi connectivity index (χ3v) is 5.10. The number of nitrogens with zero attached hydrogens (tertiary/aromatic N) is 3. The summed E-state index contributed by atoms with van der Waals surface area (Å²) in [5.74, 6) is 0.103. The zero-order chi connectivity index (χ0) is 17.1. The molecule has 0 spiro atoms. The van der Waals surface area contributed by atoms with Crippen molar-refractivity contribution < 1.29 is 4.79 Å². The second kappa shape index (κ2) is 8.78. The van der Waals surface area contributed by atoms with Gasteiger partial charge in [0.1, 0.15) is 0 Å². The van der Waals surface area contributed by atoms with E-state index >= 15 is 0 Å². The van der Waals surface area contributed by atoms with Gasteiger partial charge < -0.3 is 10.2 Å². The minimum Gasteiger partial charge on any atom is -0.343 e. The van der Waals surface area contributed by atoms with Crippen LogP contribution in [0.3, 0.4) is 0 Å². The summed E-state index contributed by atoms with van der Waals surface area (Å²) in [5, 5.41) is 3.82. The third kappa shape index (κ3) is 4.59. The zero-order valence-corrected chi connectivity index (χ0v) is 16.5. The molecule has 25 heavy (non-hydrogen) atoms. The monoisotopic (exact) mass is 428 g/mol. The van der Waals surface area contributed by atoms with Crippen LogP contribution in [-0.2, 0) is 11.3 Å². The van der Waals surface area contributed by atoms with Crippen molar-refractivity contribution in [2.75, 3.05) is 20.1 Å². The maximum atomic E-state index is 12.5. The van der Waals surface area contributed by atoms with Gasteiger partial charge in [-0.05, 0) is 38.1 Å². The first kappa shape index (κ1) is 19.9. The number of piperidine rings is 1. The normalized spacial score (nSPS) is 15.2. The molecule has 0 radical (unpaired) electrons. The minimum atomic E-state index is -0.108. The number of hydrogen-bond acceptors (Lipinski definition) is 4. The Bertz CT molecular complexity index is 803. The molecule has 1 aliphatic rings. The Morgan fingerprint density at radius 3 is 2.76 bits per heavy atom. The molecule has 1 saturated heterocycles. The minimum absolute atomic E-state index is 0. The number of benzene rings is 1. The van der Waals surface area contributed by atoms with Gasteiger partial charge in [0.15, 0.2) is 0 Å². The van der Waals surface area contributed by atoms with E-state index < -0.39 is 0 Å². The molecule has 2 heterocycles. The van der Waals surface area contributed by atoms with Gasteiger partial charge in [0.05, 0.1) is 17.2 Å². The molecule has 3 rings (SSSR count). The maximum Gasteiger partial charge on any atom is 0.261 e. The van der Waals surface area contributed by atoms with Crippen LogP contribution in [0.2, 0.25) is 0 Å². The van der Waals surface area contributed by atoms with Crippen LogP contribution in [0.5, 0.6) is 0 Å². The highest BCUT2D eigenvalue weighted by atomic mass is 79.9. The first-order valence-electron chi connectivity index (χ1n) is 8.18. The van der Waals surface area contributed by atoms with Crippen molar-refractivity contribution >= 4 is 45.1 Å². The molecule has 1 N–H and O–H groups in total.